The zero-order valence-corrected chi connectivity index (χ0v) is 21.6. The monoisotopic (exact) mass is 514 g/mol. The van der Waals surface area contributed by atoms with Gasteiger partial charge in [-0.05, 0) is 61.4 Å². The molecule has 0 saturated heterocycles. The Labute approximate surface area is 219 Å². The zero-order valence-electron chi connectivity index (χ0n) is 20.8. The summed E-state index contributed by atoms with van der Waals surface area (Å²) in [6.45, 7) is 4.25. The minimum atomic E-state index is -0.556. The number of aliphatic hydroxyl groups excluding tert-OH is 1. The Balaban J connectivity index is 1.62. The molecule has 5 rings (SSSR count). The van der Waals surface area contributed by atoms with E-state index in [2.05, 4.69) is 10.4 Å². The van der Waals surface area contributed by atoms with Crippen molar-refractivity contribution in [3.8, 4) is 22.5 Å². The van der Waals surface area contributed by atoms with Gasteiger partial charge >= 0.3 is 0 Å². The number of halogens is 1. The van der Waals surface area contributed by atoms with Gasteiger partial charge in [-0.25, -0.2) is 9.97 Å². The SMILES string of the molecule is Cn1cccc(-c2ccc3nc(-c4cnn(C(C)(C)CO)c4)nc(NCc4cccc(Cl)c4)c3c2)c1=O. The highest BCUT2D eigenvalue weighted by Gasteiger charge is 2.21. The van der Waals surface area contributed by atoms with E-state index in [0.717, 1.165) is 27.6 Å². The smallest absolute Gasteiger partial charge is 0.258 e. The van der Waals surface area contributed by atoms with Crippen LogP contribution in [-0.4, -0.2) is 36.0 Å². The third-order valence-electron chi connectivity index (χ3n) is 6.33. The van der Waals surface area contributed by atoms with Gasteiger partial charge in [-0.1, -0.05) is 29.8 Å². The Morgan fingerprint density at radius 1 is 1.05 bits per heavy atom. The van der Waals surface area contributed by atoms with Crippen LogP contribution in [0.2, 0.25) is 5.02 Å². The number of pyridine rings is 1. The molecule has 5 aromatic rings. The minimum Gasteiger partial charge on any atom is -0.394 e. The molecule has 0 fully saturated rings. The molecule has 2 aromatic carbocycles. The van der Waals surface area contributed by atoms with Crippen LogP contribution in [0.15, 0.2) is 78.0 Å². The maximum atomic E-state index is 12.8. The molecule has 0 aliphatic rings. The highest BCUT2D eigenvalue weighted by Crippen LogP contribution is 2.30. The number of hydrogen-bond acceptors (Lipinski definition) is 6. The molecule has 0 amide bonds. The van der Waals surface area contributed by atoms with Crippen LogP contribution in [0.1, 0.15) is 19.4 Å². The van der Waals surface area contributed by atoms with Crippen LogP contribution in [0.4, 0.5) is 5.82 Å². The van der Waals surface area contributed by atoms with Crippen LogP contribution in [0, 0.1) is 0 Å². The second-order valence-electron chi connectivity index (χ2n) is 9.59. The fourth-order valence-electron chi connectivity index (χ4n) is 4.05. The van der Waals surface area contributed by atoms with Gasteiger partial charge in [-0.3, -0.25) is 9.48 Å². The van der Waals surface area contributed by atoms with E-state index in [1.54, 1.807) is 28.7 Å². The van der Waals surface area contributed by atoms with Gasteiger partial charge in [0.1, 0.15) is 5.82 Å². The number of anilines is 1. The number of nitrogens with zero attached hydrogens (tertiary/aromatic N) is 5. The summed E-state index contributed by atoms with van der Waals surface area (Å²) in [5.74, 6) is 1.13. The number of aliphatic hydroxyl groups is 1. The van der Waals surface area contributed by atoms with Crippen LogP contribution in [0.3, 0.4) is 0 Å². The van der Waals surface area contributed by atoms with Crippen LogP contribution in [0.25, 0.3) is 33.4 Å². The Morgan fingerprint density at radius 3 is 2.68 bits per heavy atom. The summed E-state index contributed by atoms with van der Waals surface area (Å²) in [5, 5.41) is 19.0. The van der Waals surface area contributed by atoms with Crippen molar-refractivity contribution >= 4 is 28.3 Å². The number of fused-ring (bicyclic) bond motifs is 1. The first-order chi connectivity index (χ1) is 17.7. The Morgan fingerprint density at radius 2 is 1.89 bits per heavy atom. The summed E-state index contributed by atoms with van der Waals surface area (Å²) in [7, 11) is 1.73. The van der Waals surface area contributed by atoms with E-state index in [1.165, 1.54) is 0 Å². The second kappa shape index (κ2) is 9.80. The van der Waals surface area contributed by atoms with Gasteiger partial charge in [0, 0.05) is 42.0 Å². The first kappa shape index (κ1) is 24.7. The quantitative estimate of drug-likeness (QED) is 0.322. The van der Waals surface area contributed by atoms with Crippen molar-refractivity contribution in [3.63, 3.8) is 0 Å². The second-order valence-corrected chi connectivity index (χ2v) is 10.0. The molecular formula is C28H27ClN6O2. The average Bonchev–Trinajstić information content (AvgIpc) is 3.40. The molecule has 0 aliphatic carbocycles. The van der Waals surface area contributed by atoms with Gasteiger partial charge in [0.2, 0.25) is 0 Å². The number of nitrogens with one attached hydrogen (secondary N) is 1. The number of aryl methyl sites for hydroxylation is 1. The van der Waals surface area contributed by atoms with Crippen molar-refractivity contribution in [1.29, 1.82) is 0 Å². The van der Waals surface area contributed by atoms with Crippen LogP contribution >= 0.6 is 11.6 Å². The Kier molecular flexibility index (Phi) is 6.54. The topological polar surface area (TPSA) is 97.9 Å². The molecule has 8 nitrogen and oxygen atoms in total. The Bertz CT molecular complexity index is 1660. The van der Waals surface area contributed by atoms with Gasteiger partial charge in [0.25, 0.3) is 5.56 Å². The first-order valence-electron chi connectivity index (χ1n) is 11.9. The molecule has 3 heterocycles. The van der Waals surface area contributed by atoms with E-state index >= 15 is 0 Å². The molecule has 188 valence electrons. The summed E-state index contributed by atoms with van der Waals surface area (Å²) in [4.78, 5) is 22.4. The van der Waals surface area contributed by atoms with Gasteiger partial charge < -0.3 is 15.0 Å². The van der Waals surface area contributed by atoms with Crippen molar-refractivity contribution in [2.24, 2.45) is 7.05 Å². The van der Waals surface area contributed by atoms with E-state index in [4.69, 9.17) is 21.6 Å². The van der Waals surface area contributed by atoms with Crippen molar-refractivity contribution < 1.29 is 5.11 Å². The highest BCUT2D eigenvalue weighted by atomic mass is 35.5. The lowest BCUT2D eigenvalue weighted by Crippen LogP contribution is -2.30. The van der Waals surface area contributed by atoms with E-state index in [9.17, 15) is 9.90 Å². The fraction of sp³-hybridized carbons (Fsp3) is 0.214. The molecule has 0 atom stereocenters. The number of rotatable bonds is 7. The van der Waals surface area contributed by atoms with E-state index in [1.807, 2.05) is 74.6 Å². The zero-order chi connectivity index (χ0) is 26.2. The van der Waals surface area contributed by atoms with E-state index < -0.39 is 5.54 Å². The molecule has 0 spiro atoms. The summed E-state index contributed by atoms with van der Waals surface area (Å²) >= 11 is 6.18. The van der Waals surface area contributed by atoms with E-state index in [0.29, 0.717) is 28.8 Å². The lowest BCUT2D eigenvalue weighted by atomic mass is 10.0. The molecule has 0 radical (unpaired) electrons. The normalized spacial score (nSPS) is 11.7. The summed E-state index contributed by atoms with van der Waals surface area (Å²) in [6.07, 6.45) is 5.26. The van der Waals surface area contributed by atoms with Crippen molar-refractivity contribution in [2.45, 2.75) is 25.9 Å². The molecule has 0 saturated carbocycles. The maximum Gasteiger partial charge on any atom is 0.258 e. The molecular weight excluding hydrogens is 488 g/mol. The molecule has 0 aliphatic heterocycles. The largest absolute Gasteiger partial charge is 0.394 e. The third kappa shape index (κ3) is 4.98. The van der Waals surface area contributed by atoms with Crippen molar-refractivity contribution in [2.75, 3.05) is 11.9 Å². The average molecular weight is 515 g/mol. The maximum absolute atomic E-state index is 12.8. The molecule has 2 N–H and O–H groups in total. The van der Waals surface area contributed by atoms with Gasteiger partial charge in [0.05, 0.1) is 29.4 Å². The van der Waals surface area contributed by atoms with Crippen molar-refractivity contribution in [1.82, 2.24) is 24.3 Å². The van der Waals surface area contributed by atoms with Crippen LogP contribution in [-0.2, 0) is 19.1 Å². The van der Waals surface area contributed by atoms with Crippen molar-refractivity contribution in [3.05, 3.63) is 94.1 Å². The van der Waals surface area contributed by atoms with Gasteiger partial charge in [-0.15, -0.1) is 0 Å². The lowest BCUT2D eigenvalue weighted by Gasteiger charge is -2.22. The van der Waals surface area contributed by atoms with Gasteiger partial charge in [0.15, 0.2) is 5.82 Å². The van der Waals surface area contributed by atoms with Crippen LogP contribution < -0.4 is 10.9 Å². The third-order valence-corrected chi connectivity index (χ3v) is 6.56. The van der Waals surface area contributed by atoms with Gasteiger partial charge in [-0.2, -0.15) is 5.10 Å². The fourth-order valence-corrected chi connectivity index (χ4v) is 4.26. The predicted molar refractivity (Wildman–Crippen MR) is 147 cm³/mol. The number of hydrogen-bond donors (Lipinski definition) is 2. The number of benzene rings is 2. The van der Waals surface area contributed by atoms with E-state index in [-0.39, 0.29) is 12.2 Å². The molecule has 0 unspecified atom stereocenters. The van der Waals surface area contributed by atoms with Crippen LogP contribution in [0.5, 0.6) is 0 Å². The number of aromatic nitrogens is 5. The first-order valence-corrected chi connectivity index (χ1v) is 12.3. The summed E-state index contributed by atoms with van der Waals surface area (Å²) in [5.41, 5.74) is 3.22. The molecule has 37 heavy (non-hydrogen) atoms. The molecule has 0 bridgehead atoms. The Hall–Kier alpha value is -4.01. The molecule has 3 aromatic heterocycles. The highest BCUT2D eigenvalue weighted by molar-refractivity contribution is 6.30. The summed E-state index contributed by atoms with van der Waals surface area (Å²) < 4.78 is 3.27. The molecule has 9 heteroatoms. The predicted octanol–water partition coefficient (Wildman–Crippen LogP) is 4.85. The minimum absolute atomic E-state index is 0.0547. The standard InChI is InChI=1S/C28H27ClN6O2/c1-28(2,17-36)35-16-20(15-31-35)25-32-24-10-9-19(22-8-5-11-34(3)27(22)37)13-23(24)26(33-25)30-14-18-6-4-7-21(29)12-18/h4-13,15-16,36H,14,17H2,1-3H3,(H,30,32,33). The summed E-state index contributed by atoms with van der Waals surface area (Å²) in [6, 6.07) is 17.0. The lowest BCUT2D eigenvalue weighted by molar-refractivity contribution is 0.152.